The third-order valence-corrected chi connectivity index (χ3v) is 7.66. The molecule has 1 amide bonds. The number of hydrogen-bond donors (Lipinski definition) is 2. The molecule has 1 unspecified atom stereocenters. The van der Waals surface area contributed by atoms with Gasteiger partial charge in [0, 0.05) is 19.1 Å². The average molecular weight is 486 g/mol. The van der Waals surface area contributed by atoms with Gasteiger partial charge in [-0.3, -0.25) is 4.79 Å². The fourth-order valence-electron chi connectivity index (χ4n) is 5.72. The summed E-state index contributed by atoms with van der Waals surface area (Å²) in [5, 5.41) is 9.75. The number of fused-ring (bicyclic) bond motifs is 1. The number of rotatable bonds is 11. The van der Waals surface area contributed by atoms with Crippen molar-refractivity contribution in [1.82, 2.24) is 15.5 Å². The van der Waals surface area contributed by atoms with Gasteiger partial charge in [0.1, 0.15) is 0 Å². The summed E-state index contributed by atoms with van der Waals surface area (Å²) >= 11 is 0. The van der Waals surface area contributed by atoms with E-state index in [-0.39, 0.29) is 18.3 Å². The molecule has 0 spiro atoms. The van der Waals surface area contributed by atoms with Crippen LogP contribution in [-0.4, -0.2) is 49.6 Å². The van der Waals surface area contributed by atoms with Gasteiger partial charge in [-0.1, -0.05) is 61.7 Å². The zero-order chi connectivity index (χ0) is 22.7. The van der Waals surface area contributed by atoms with Crippen molar-refractivity contribution in [2.24, 2.45) is 5.92 Å². The van der Waals surface area contributed by atoms with Crippen LogP contribution in [0.5, 0.6) is 0 Å². The number of hydrogen-bond acceptors (Lipinski definition) is 3. The lowest BCUT2D eigenvalue weighted by Gasteiger charge is -2.36. The van der Waals surface area contributed by atoms with Gasteiger partial charge in [0.25, 0.3) is 0 Å². The van der Waals surface area contributed by atoms with Crippen LogP contribution in [0.15, 0.2) is 42.5 Å². The van der Waals surface area contributed by atoms with Crippen LogP contribution >= 0.6 is 12.4 Å². The highest BCUT2D eigenvalue weighted by Crippen LogP contribution is 2.23. The second-order valence-electron chi connectivity index (χ2n) is 10.2. The van der Waals surface area contributed by atoms with Crippen LogP contribution in [0.1, 0.15) is 69.8 Å². The van der Waals surface area contributed by atoms with Gasteiger partial charge in [0.2, 0.25) is 5.91 Å². The SMILES string of the molecule is Cl.O=C(Cc1cccc2ccccc12)N1CCCCC1CNCCCCNCC1CCCCC1. The van der Waals surface area contributed by atoms with Crippen molar-refractivity contribution in [1.29, 1.82) is 0 Å². The molecule has 2 aliphatic rings. The molecular weight excluding hydrogens is 442 g/mol. The molecule has 0 radical (unpaired) electrons. The summed E-state index contributed by atoms with van der Waals surface area (Å²) in [7, 11) is 0. The molecular formula is C29H44ClN3O. The fraction of sp³-hybridized carbons (Fsp3) is 0.621. The maximum Gasteiger partial charge on any atom is 0.227 e. The second kappa shape index (κ2) is 14.7. The number of halogens is 1. The van der Waals surface area contributed by atoms with Gasteiger partial charge in [0.15, 0.2) is 0 Å². The predicted molar refractivity (Wildman–Crippen MR) is 146 cm³/mol. The topological polar surface area (TPSA) is 44.4 Å². The third kappa shape index (κ3) is 7.96. The maximum absolute atomic E-state index is 13.2. The van der Waals surface area contributed by atoms with Gasteiger partial charge in [-0.25, -0.2) is 0 Å². The molecule has 2 N–H and O–H groups in total. The van der Waals surface area contributed by atoms with Crippen molar-refractivity contribution in [3.8, 4) is 0 Å². The molecule has 1 saturated carbocycles. The largest absolute Gasteiger partial charge is 0.338 e. The molecule has 1 atom stereocenters. The highest BCUT2D eigenvalue weighted by atomic mass is 35.5. The Balaban J connectivity index is 0.00000324. The number of benzene rings is 2. The number of unbranched alkanes of at least 4 members (excludes halogenated alkanes) is 1. The van der Waals surface area contributed by atoms with Crippen molar-refractivity contribution in [2.75, 3.05) is 32.7 Å². The number of carbonyl (C=O) groups excluding carboxylic acids is 1. The lowest BCUT2D eigenvalue weighted by molar-refractivity contribution is -0.134. The molecule has 1 saturated heterocycles. The van der Waals surface area contributed by atoms with Crippen LogP contribution in [0, 0.1) is 5.92 Å². The molecule has 1 aliphatic heterocycles. The average Bonchev–Trinajstić information content (AvgIpc) is 2.87. The second-order valence-corrected chi connectivity index (χ2v) is 10.2. The summed E-state index contributed by atoms with van der Waals surface area (Å²) in [6, 6.07) is 15.0. The number of nitrogens with zero attached hydrogens (tertiary/aromatic N) is 1. The first-order chi connectivity index (χ1) is 16.3. The molecule has 34 heavy (non-hydrogen) atoms. The number of carbonyl (C=O) groups is 1. The molecule has 2 fully saturated rings. The minimum atomic E-state index is 0. The lowest BCUT2D eigenvalue weighted by atomic mass is 9.89. The standard InChI is InChI=1S/C29H43N3O.ClH/c33-29(21-26-15-10-14-25-13-4-5-17-28(25)26)32-20-9-6-16-27(32)23-31-19-8-7-18-30-22-24-11-2-1-3-12-24;/h4-5,10,13-15,17,24,27,30-31H,1-3,6-9,11-12,16,18-23H2;1H. The molecule has 0 aromatic heterocycles. The lowest BCUT2D eigenvalue weighted by Crippen LogP contribution is -2.49. The summed E-state index contributed by atoms with van der Waals surface area (Å²) in [6.07, 6.45) is 13.6. The Morgan fingerprint density at radius 2 is 1.53 bits per heavy atom. The highest BCUT2D eigenvalue weighted by molar-refractivity contribution is 5.90. The molecule has 0 bridgehead atoms. The molecule has 5 heteroatoms. The van der Waals surface area contributed by atoms with Crippen molar-refractivity contribution in [3.05, 3.63) is 48.0 Å². The van der Waals surface area contributed by atoms with Gasteiger partial charge in [-0.15, -0.1) is 12.4 Å². The van der Waals surface area contributed by atoms with Gasteiger partial charge >= 0.3 is 0 Å². The van der Waals surface area contributed by atoms with E-state index in [4.69, 9.17) is 0 Å². The van der Waals surface area contributed by atoms with E-state index in [0.29, 0.717) is 12.5 Å². The van der Waals surface area contributed by atoms with Crippen LogP contribution in [-0.2, 0) is 11.2 Å². The molecule has 2 aromatic carbocycles. The minimum absolute atomic E-state index is 0. The van der Waals surface area contributed by atoms with Crippen LogP contribution < -0.4 is 10.6 Å². The zero-order valence-electron chi connectivity index (χ0n) is 20.8. The molecule has 1 heterocycles. The minimum Gasteiger partial charge on any atom is -0.338 e. The summed E-state index contributed by atoms with van der Waals surface area (Å²) in [6.45, 7) is 5.23. The Labute approximate surface area is 212 Å². The summed E-state index contributed by atoms with van der Waals surface area (Å²) in [5.41, 5.74) is 1.15. The number of piperidine rings is 1. The van der Waals surface area contributed by atoms with E-state index < -0.39 is 0 Å². The van der Waals surface area contributed by atoms with Crippen molar-refractivity contribution >= 4 is 29.1 Å². The first kappa shape index (κ1) is 27.0. The van der Waals surface area contributed by atoms with Crippen molar-refractivity contribution in [2.45, 2.75) is 76.7 Å². The Bertz CT molecular complexity index is 862. The van der Waals surface area contributed by atoms with Crippen molar-refractivity contribution in [3.63, 3.8) is 0 Å². The first-order valence-corrected chi connectivity index (χ1v) is 13.5. The highest BCUT2D eigenvalue weighted by Gasteiger charge is 2.26. The number of nitrogens with one attached hydrogen (secondary N) is 2. The monoisotopic (exact) mass is 485 g/mol. The van der Waals surface area contributed by atoms with Crippen LogP contribution in [0.25, 0.3) is 10.8 Å². The van der Waals surface area contributed by atoms with E-state index in [1.165, 1.54) is 68.7 Å². The quantitative estimate of drug-likeness (QED) is 0.400. The van der Waals surface area contributed by atoms with E-state index in [1.807, 2.05) is 0 Å². The Morgan fingerprint density at radius 3 is 2.35 bits per heavy atom. The van der Waals surface area contributed by atoms with E-state index in [9.17, 15) is 4.79 Å². The molecule has 2 aromatic rings. The Morgan fingerprint density at radius 1 is 0.824 bits per heavy atom. The fourth-order valence-corrected chi connectivity index (χ4v) is 5.72. The Hall–Kier alpha value is -1.62. The van der Waals surface area contributed by atoms with E-state index in [1.54, 1.807) is 0 Å². The van der Waals surface area contributed by atoms with Gasteiger partial charge in [-0.2, -0.15) is 0 Å². The zero-order valence-corrected chi connectivity index (χ0v) is 21.6. The number of amides is 1. The van der Waals surface area contributed by atoms with E-state index in [2.05, 4.69) is 58.0 Å². The molecule has 188 valence electrons. The Kier molecular flexibility index (Phi) is 11.7. The van der Waals surface area contributed by atoms with E-state index >= 15 is 0 Å². The third-order valence-electron chi connectivity index (χ3n) is 7.66. The normalized spacial score (nSPS) is 19.2. The molecule has 1 aliphatic carbocycles. The predicted octanol–water partition coefficient (Wildman–Crippen LogP) is 5.72. The van der Waals surface area contributed by atoms with Crippen LogP contribution in [0.2, 0.25) is 0 Å². The smallest absolute Gasteiger partial charge is 0.227 e. The molecule has 4 nitrogen and oxygen atoms in total. The van der Waals surface area contributed by atoms with Crippen LogP contribution in [0.3, 0.4) is 0 Å². The van der Waals surface area contributed by atoms with Gasteiger partial charge in [0.05, 0.1) is 6.42 Å². The van der Waals surface area contributed by atoms with Gasteiger partial charge < -0.3 is 15.5 Å². The summed E-state index contributed by atoms with van der Waals surface area (Å²) in [5.74, 6) is 1.20. The molecule has 4 rings (SSSR count). The summed E-state index contributed by atoms with van der Waals surface area (Å²) < 4.78 is 0. The maximum atomic E-state index is 13.2. The van der Waals surface area contributed by atoms with E-state index in [0.717, 1.165) is 50.5 Å². The first-order valence-electron chi connectivity index (χ1n) is 13.5. The van der Waals surface area contributed by atoms with Crippen LogP contribution in [0.4, 0.5) is 0 Å². The van der Waals surface area contributed by atoms with Gasteiger partial charge in [-0.05, 0) is 86.8 Å². The number of likely N-dealkylation sites (tertiary alicyclic amines) is 1. The summed E-state index contributed by atoms with van der Waals surface area (Å²) in [4.78, 5) is 15.4. The van der Waals surface area contributed by atoms with Crippen molar-refractivity contribution < 1.29 is 4.79 Å².